The lowest BCUT2D eigenvalue weighted by Gasteiger charge is -2.08. The highest BCUT2D eigenvalue weighted by molar-refractivity contribution is 9.09. The van der Waals surface area contributed by atoms with Crippen LogP contribution >= 0.6 is 15.9 Å². The Kier molecular flexibility index (Phi) is 3.10. The maximum Gasteiger partial charge on any atom is 0.194 e. The Labute approximate surface area is 68.4 Å². The normalized spacial score (nSPS) is 40.5. The summed E-state index contributed by atoms with van der Waals surface area (Å²) in [4.78, 5) is 0. The third-order valence-electron chi connectivity index (χ3n) is 1.76. The van der Waals surface area contributed by atoms with Crippen LogP contribution in [0.2, 0.25) is 0 Å². The molecule has 3 atom stereocenters. The van der Waals surface area contributed by atoms with E-state index in [-0.39, 0.29) is 12.2 Å². The molecule has 10 heavy (non-hydrogen) atoms. The minimum Gasteiger partial charge on any atom is -0.427 e. The summed E-state index contributed by atoms with van der Waals surface area (Å²) >= 11 is 3.26. The molecule has 1 saturated heterocycles. The van der Waals surface area contributed by atoms with Gasteiger partial charge in [0.2, 0.25) is 0 Å². The summed E-state index contributed by atoms with van der Waals surface area (Å²) in [6.45, 7) is 0.619. The predicted octanol–water partition coefficient (Wildman–Crippen LogP) is -0.333. The zero-order valence-corrected chi connectivity index (χ0v) is 7.41. The highest BCUT2D eigenvalue weighted by Gasteiger charge is 2.40. The maximum atomic E-state index is 9.40. The van der Waals surface area contributed by atoms with Gasteiger partial charge < -0.3 is 14.6 Å². The Balaban J connectivity index is 2.41. The molecule has 0 spiro atoms. The number of halogens is 1. The fourth-order valence-corrected chi connectivity index (χ4v) is 1.64. The molecule has 2 N–H and O–H groups in total. The Morgan fingerprint density at radius 1 is 1.80 bits per heavy atom. The molecule has 60 valence electrons. The minimum absolute atomic E-state index is 0.0185. The van der Waals surface area contributed by atoms with Crippen LogP contribution in [0.15, 0.2) is 0 Å². The second kappa shape index (κ2) is 3.67. The van der Waals surface area contributed by atoms with Crippen molar-refractivity contribution in [2.45, 2.75) is 18.3 Å². The summed E-state index contributed by atoms with van der Waals surface area (Å²) in [6, 6.07) is 0. The lowest BCUT2D eigenvalue weighted by atomic mass is 10.2. The summed E-state index contributed by atoms with van der Waals surface area (Å²) in [5.41, 5.74) is 0. The van der Waals surface area contributed by atoms with E-state index in [0.717, 1.165) is 0 Å². The molecule has 0 radical (unpaired) electrons. The molecule has 1 heterocycles. The molecule has 1 rings (SSSR count). The highest BCUT2D eigenvalue weighted by Crippen LogP contribution is 2.15. The Hall–Kier alpha value is 0.360. The molecular formula is C6H12BrO3+. The number of rotatable bonds is 2. The van der Waals surface area contributed by atoms with Gasteiger partial charge >= 0.3 is 0 Å². The molecule has 0 aromatic heterocycles. The van der Waals surface area contributed by atoms with Gasteiger partial charge in [-0.1, -0.05) is 15.9 Å². The number of hydrogen-bond donors (Lipinski definition) is 1. The first-order valence-corrected chi connectivity index (χ1v) is 4.35. The van der Waals surface area contributed by atoms with Crippen molar-refractivity contribution in [1.29, 1.82) is 0 Å². The summed E-state index contributed by atoms with van der Waals surface area (Å²) in [7, 11) is 1.60. The molecule has 0 amide bonds. The SMILES string of the molecule is CO[C@@H]1C[OH+][C@H](CBr)[C@H]1O. The van der Waals surface area contributed by atoms with E-state index in [1.807, 2.05) is 0 Å². The van der Waals surface area contributed by atoms with E-state index >= 15 is 0 Å². The van der Waals surface area contributed by atoms with Gasteiger partial charge in [0.05, 0.1) is 5.33 Å². The Bertz CT molecular complexity index is 97.2. The zero-order valence-electron chi connectivity index (χ0n) is 5.83. The van der Waals surface area contributed by atoms with Crippen molar-refractivity contribution in [1.82, 2.24) is 0 Å². The van der Waals surface area contributed by atoms with Crippen LogP contribution in [0.5, 0.6) is 0 Å². The topological polar surface area (TPSA) is 42.3 Å². The molecule has 0 aliphatic carbocycles. The van der Waals surface area contributed by atoms with Gasteiger partial charge in [-0.05, 0) is 0 Å². The van der Waals surface area contributed by atoms with Gasteiger partial charge in [-0.25, -0.2) is 0 Å². The van der Waals surface area contributed by atoms with Gasteiger partial charge in [0.25, 0.3) is 0 Å². The third kappa shape index (κ3) is 1.50. The van der Waals surface area contributed by atoms with Crippen molar-refractivity contribution >= 4 is 15.9 Å². The largest absolute Gasteiger partial charge is 0.427 e. The molecule has 4 heteroatoms. The van der Waals surface area contributed by atoms with Crippen LogP contribution in [0.25, 0.3) is 0 Å². The van der Waals surface area contributed by atoms with E-state index in [4.69, 9.17) is 4.74 Å². The molecule has 0 bridgehead atoms. The van der Waals surface area contributed by atoms with Gasteiger partial charge in [-0.2, -0.15) is 0 Å². The molecule has 0 aromatic rings. The summed E-state index contributed by atoms with van der Waals surface area (Å²) < 4.78 is 9.16. The average molecular weight is 212 g/mol. The fraction of sp³-hybridized carbons (Fsp3) is 1.00. The Morgan fingerprint density at radius 3 is 2.80 bits per heavy atom. The first kappa shape index (κ1) is 8.46. The zero-order chi connectivity index (χ0) is 7.56. The average Bonchev–Trinajstić information content (AvgIpc) is 2.30. The second-order valence-corrected chi connectivity index (χ2v) is 3.00. The molecule has 3 nitrogen and oxygen atoms in total. The van der Waals surface area contributed by atoms with Crippen LogP contribution in [0.4, 0.5) is 0 Å². The molecular weight excluding hydrogens is 200 g/mol. The fourth-order valence-electron chi connectivity index (χ4n) is 1.06. The lowest BCUT2D eigenvalue weighted by Crippen LogP contribution is -2.32. The number of ether oxygens (including phenoxy) is 2. The van der Waals surface area contributed by atoms with E-state index in [1.54, 1.807) is 7.11 Å². The summed E-state index contributed by atoms with van der Waals surface area (Å²) in [6.07, 6.45) is -0.503. The monoisotopic (exact) mass is 211 g/mol. The Morgan fingerprint density at radius 2 is 2.50 bits per heavy atom. The minimum atomic E-state index is -0.427. The van der Waals surface area contributed by atoms with Crippen LogP contribution in [0, 0.1) is 0 Å². The van der Waals surface area contributed by atoms with E-state index in [1.165, 1.54) is 0 Å². The molecule has 0 saturated carbocycles. The highest BCUT2D eigenvalue weighted by atomic mass is 79.9. The molecule has 1 aliphatic heterocycles. The number of aliphatic hydroxyl groups is 3. The van der Waals surface area contributed by atoms with E-state index in [0.29, 0.717) is 11.9 Å². The van der Waals surface area contributed by atoms with Gasteiger partial charge in [-0.15, -0.1) is 0 Å². The van der Waals surface area contributed by atoms with Crippen molar-refractivity contribution in [2.75, 3.05) is 19.0 Å². The smallest absolute Gasteiger partial charge is 0.194 e. The lowest BCUT2D eigenvalue weighted by molar-refractivity contribution is -0.0737. The maximum absolute atomic E-state index is 9.40. The summed E-state index contributed by atoms with van der Waals surface area (Å²) in [5, 5.41) is 10.1. The van der Waals surface area contributed by atoms with Crippen molar-refractivity contribution < 1.29 is 14.6 Å². The van der Waals surface area contributed by atoms with E-state index in [9.17, 15) is 5.11 Å². The third-order valence-corrected chi connectivity index (χ3v) is 2.42. The van der Waals surface area contributed by atoms with Crippen molar-refractivity contribution in [3.8, 4) is 0 Å². The van der Waals surface area contributed by atoms with Gasteiger partial charge in [-0.3, -0.25) is 0 Å². The quantitative estimate of drug-likeness (QED) is 0.503. The molecule has 1 fully saturated rings. The van der Waals surface area contributed by atoms with E-state index in [2.05, 4.69) is 20.7 Å². The number of hydrogen-bond acceptors (Lipinski definition) is 2. The van der Waals surface area contributed by atoms with Crippen LogP contribution in [-0.4, -0.2) is 47.2 Å². The van der Waals surface area contributed by atoms with Gasteiger partial charge in [0.15, 0.2) is 24.9 Å². The van der Waals surface area contributed by atoms with Crippen molar-refractivity contribution in [2.24, 2.45) is 0 Å². The second-order valence-electron chi connectivity index (χ2n) is 2.35. The number of methoxy groups -OCH3 is 1. The first-order valence-electron chi connectivity index (χ1n) is 3.23. The van der Waals surface area contributed by atoms with Gasteiger partial charge in [0.1, 0.15) is 0 Å². The van der Waals surface area contributed by atoms with E-state index < -0.39 is 6.10 Å². The van der Waals surface area contributed by atoms with Crippen LogP contribution < -0.4 is 0 Å². The first-order chi connectivity index (χ1) is 4.79. The standard InChI is InChI=1S/C6H11BrO3/c1-9-5-3-10-4(2-7)6(5)8/h4-6,8H,2-3H2,1H3/p+1/t4-,5-,6-/m1/s1. The predicted molar refractivity (Wildman–Crippen MR) is 41.5 cm³/mol. The number of alkyl halides is 1. The van der Waals surface area contributed by atoms with Crippen molar-refractivity contribution in [3.05, 3.63) is 0 Å². The summed E-state index contributed by atoms with van der Waals surface area (Å²) in [5.74, 6) is 0. The molecule has 0 unspecified atom stereocenters. The van der Waals surface area contributed by atoms with Crippen molar-refractivity contribution in [3.63, 3.8) is 0 Å². The van der Waals surface area contributed by atoms with Crippen LogP contribution in [0.3, 0.4) is 0 Å². The van der Waals surface area contributed by atoms with Gasteiger partial charge in [0, 0.05) is 7.11 Å². The molecule has 0 aromatic carbocycles. The van der Waals surface area contributed by atoms with Crippen LogP contribution in [0.1, 0.15) is 0 Å². The number of aliphatic hydroxyl groups excluding tert-OH is 1. The molecule has 1 aliphatic rings. The van der Waals surface area contributed by atoms with Crippen LogP contribution in [-0.2, 0) is 4.74 Å².